The fourth-order valence-electron chi connectivity index (χ4n) is 5.55. The largest absolute Gasteiger partial charge is 0.341 e. The van der Waals surface area contributed by atoms with Crippen LogP contribution in [0.15, 0.2) is 17.0 Å². The number of unbranched alkanes of at least 4 members (excludes halogenated alkanes) is 5. The summed E-state index contributed by atoms with van der Waals surface area (Å²) in [5.41, 5.74) is 3.73. The molecular weight excluding hydrogens is 464 g/mol. The maximum atomic E-state index is 13.7. The fraction of sp³-hybridized carbons (Fsp3) is 0.654. The minimum atomic E-state index is -1.42. The van der Waals surface area contributed by atoms with Crippen molar-refractivity contribution in [3.8, 4) is 0 Å². The monoisotopic (exact) mass is 504 g/mol. The maximum absolute atomic E-state index is 13.7. The SMILES string of the molecule is CCCCCCCCc1c(C[C@@H]2CC(=O)[C@@]3(CNCCN3C(=O)NC)C2=O)ccc(NO)c1SC. The molecule has 1 aliphatic carbocycles. The highest BCUT2D eigenvalue weighted by Gasteiger charge is 2.60. The number of nitrogens with one attached hydrogen (secondary N) is 3. The highest BCUT2D eigenvalue weighted by atomic mass is 32.2. The van der Waals surface area contributed by atoms with Gasteiger partial charge in [-0.1, -0.05) is 45.1 Å². The molecule has 1 aromatic rings. The molecule has 0 bridgehead atoms. The van der Waals surface area contributed by atoms with Crippen LogP contribution in [0.2, 0.25) is 0 Å². The Morgan fingerprint density at radius 1 is 1.23 bits per heavy atom. The number of hydrogen-bond acceptors (Lipinski definition) is 7. The van der Waals surface area contributed by atoms with Crippen LogP contribution in [-0.2, 0) is 22.4 Å². The van der Waals surface area contributed by atoms with Crippen LogP contribution in [0.1, 0.15) is 63.0 Å². The lowest BCUT2D eigenvalue weighted by atomic mass is 9.86. The molecule has 35 heavy (non-hydrogen) atoms. The molecule has 1 saturated carbocycles. The number of benzene rings is 1. The third-order valence-electron chi connectivity index (χ3n) is 7.41. The average molecular weight is 505 g/mol. The third-order valence-corrected chi connectivity index (χ3v) is 8.29. The molecule has 2 fully saturated rings. The van der Waals surface area contributed by atoms with E-state index >= 15 is 0 Å². The molecule has 2 amide bonds. The highest BCUT2D eigenvalue weighted by Crippen LogP contribution is 2.39. The van der Waals surface area contributed by atoms with Crippen molar-refractivity contribution in [3.05, 3.63) is 23.3 Å². The van der Waals surface area contributed by atoms with Gasteiger partial charge in [0.25, 0.3) is 0 Å². The van der Waals surface area contributed by atoms with Gasteiger partial charge in [0.1, 0.15) is 0 Å². The zero-order valence-corrected chi connectivity index (χ0v) is 22.1. The first-order valence-electron chi connectivity index (χ1n) is 12.8. The number of urea groups is 1. The number of amides is 2. The molecular formula is C26H40N4O4S. The van der Waals surface area contributed by atoms with Gasteiger partial charge in [-0.3, -0.25) is 20.3 Å². The van der Waals surface area contributed by atoms with E-state index in [4.69, 9.17) is 0 Å². The second kappa shape index (κ2) is 12.7. The van der Waals surface area contributed by atoms with Crippen molar-refractivity contribution in [3.63, 3.8) is 0 Å². The molecule has 9 heteroatoms. The van der Waals surface area contributed by atoms with E-state index in [-0.39, 0.29) is 30.6 Å². The summed E-state index contributed by atoms with van der Waals surface area (Å²) < 4.78 is 0. The lowest BCUT2D eigenvalue weighted by Crippen LogP contribution is -2.70. The van der Waals surface area contributed by atoms with Crippen LogP contribution >= 0.6 is 11.8 Å². The van der Waals surface area contributed by atoms with E-state index in [0.717, 1.165) is 35.3 Å². The van der Waals surface area contributed by atoms with Crippen molar-refractivity contribution >= 4 is 35.0 Å². The Kier molecular flexibility index (Phi) is 10.0. The van der Waals surface area contributed by atoms with Crippen LogP contribution in [-0.4, -0.2) is 66.2 Å². The van der Waals surface area contributed by atoms with Crippen LogP contribution in [0.25, 0.3) is 0 Å². The molecule has 0 aromatic heterocycles. The number of rotatable bonds is 11. The van der Waals surface area contributed by atoms with E-state index in [2.05, 4.69) is 23.0 Å². The molecule has 3 rings (SSSR count). The topological polar surface area (TPSA) is 111 Å². The number of nitrogens with zero attached hydrogens (tertiary/aromatic N) is 1. The molecule has 1 saturated heterocycles. The standard InChI is InChI=1S/C26H40N4O4S/c1-4-5-6-7-8-9-10-20-18(11-12-21(29-34)23(20)35-3)15-19-16-22(31)26(24(19)32)17-28-13-14-30(26)25(33)27-2/h11-12,19,28-29,34H,4-10,13-17H2,1-3H3,(H,27,33)/t19-,26+/m1/s1. The number of ketones is 2. The lowest BCUT2D eigenvalue weighted by molar-refractivity contribution is -0.137. The zero-order valence-electron chi connectivity index (χ0n) is 21.2. The Morgan fingerprint density at radius 2 is 1.97 bits per heavy atom. The van der Waals surface area contributed by atoms with Gasteiger partial charge in [0.2, 0.25) is 0 Å². The fourth-order valence-corrected chi connectivity index (χ4v) is 6.37. The van der Waals surface area contributed by atoms with Crippen molar-refractivity contribution in [2.24, 2.45) is 5.92 Å². The van der Waals surface area contributed by atoms with E-state index < -0.39 is 11.5 Å². The minimum absolute atomic E-state index is 0.138. The van der Waals surface area contributed by atoms with Gasteiger partial charge < -0.3 is 15.5 Å². The van der Waals surface area contributed by atoms with Gasteiger partial charge in [-0.15, -0.1) is 11.8 Å². The van der Waals surface area contributed by atoms with Gasteiger partial charge >= 0.3 is 6.03 Å². The van der Waals surface area contributed by atoms with Crippen molar-refractivity contribution in [2.75, 3.05) is 38.4 Å². The van der Waals surface area contributed by atoms with E-state index in [9.17, 15) is 19.6 Å². The Hall–Kier alpha value is -2.10. The maximum Gasteiger partial charge on any atom is 0.318 e. The number of piperazine rings is 1. The van der Waals surface area contributed by atoms with Crippen molar-refractivity contribution in [2.45, 2.75) is 75.1 Å². The van der Waals surface area contributed by atoms with E-state index in [1.165, 1.54) is 37.6 Å². The Morgan fingerprint density at radius 3 is 2.66 bits per heavy atom. The summed E-state index contributed by atoms with van der Waals surface area (Å²) in [7, 11) is 1.52. The molecule has 0 radical (unpaired) electrons. The average Bonchev–Trinajstić information content (AvgIpc) is 3.10. The number of carbonyl (C=O) groups is 3. The molecule has 1 aromatic carbocycles. The molecule has 0 unspecified atom stereocenters. The first-order valence-corrected chi connectivity index (χ1v) is 14.0. The predicted octanol–water partition coefficient (Wildman–Crippen LogP) is 3.80. The van der Waals surface area contributed by atoms with Crippen LogP contribution in [0, 0.1) is 5.92 Å². The summed E-state index contributed by atoms with van der Waals surface area (Å²) in [6.07, 6.45) is 10.5. The van der Waals surface area contributed by atoms with Crippen LogP contribution < -0.4 is 16.1 Å². The Labute approximate surface area is 212 Å². The molecule has 1 spiro atoms. The van der Waals surface area contributed by atoms with Crippen LogP contribution in [0.5, 0.6) is 0 Å². The molecule has 1 heterocycles. The van der Waals surface area contributed by atoms with Crippen molar-refractivity contribution in [1.82, 2.24) is 15.5 Å². The number of hydrogen-bond donors (Lipinski definition) is 4. The van der Waals surface area contributed by atoms with Crippen molar-refractivity contribution < 1.29 is 19.6 Å². The number of anilines is 1. The molecule has 1 aliphatic heterocycles. The number of carbonyl (C=O) groups excluding carboxylic acids is 3. The van der Waals surface area contributed by atoms with E-state index in [0.29, 0.717) is 25.2 Å². The van der Waals surface area contributed by atoms with Crippen molar-refractivity contribution in [1.29, 1.82) is 0 Å². The molecule has 2 atom stereocenters. The van der Waals surface area contributed by atoms with Gasteiger partial charge in [0.05, 0.1) is 5.69 Å². The summed E-state index contributed by atoms with van der Waals surface area (Å²) >= 11 is 1.58. The summed E-state index contributed by atoms with van der Waals surface area (Å²) in [5.74, 6) is -0.820. The molecule has 4 N–H and O–H groups in total. The molecule has 8 nitrogen and oxygen atoms in total. The second-order valence-electron chi connectivity index (χ2n) is 9.55. The third kappa shape index (κ3) is 5.67. The van der Waals surface area contributed by atoms with E-state index in [1.807, 2.05) is 18.4 Å². The smallest absolute Gasteiger partial charge is 0.318 e. The zero-order chi connectivity index (χ0) is 25.4. The van der Waals surface area contributed by atoms with Gasteiger partial charge in [0, 0.05) is 43.9 Å². The van der Waals surface area contributed by atoms with Gasteiger partial charge in [-0.25, -0.2) is 4.79 Å². The molecule has 194 valence electrons. The predicted molar refractivity (Wildman–Crippen MR) is 139 cm³/mol. The Balaban J connectivity index is 1.84. The van der Waals surface area contributed by atoms with Crippen LogP contribution in [0.3, 0.4) is 0 Å². The second-order valence-corrected chi connectivity index (χ2v) is 10.4. The van der Waals surface area contributed by atoms with Gasteiger partial charge in [-0.2, -0.15) is 0 Å². The van der Waals surface area contributed by atoms with E-state index in [1.54, 1.807) is 11.8 Å². The van der Waals surface area contributed by atoms with Gasteiger partial charge in [-0.05, 0) is 42.7 Å². The number of Topliss-reactive ketones (excluding diaryl/α,β-unsaturated/α-hetero) is 2. The summed E-state index contributed by atoms with van der Waals surface area (Å²) in [6.45, 7) is 3.25. The quantitative estimate of drug-likeness (QED) is 0.157. The summed E-state index contributed by atoms with van der Waals surface area (Å²) in [4.78, 5) is 42.0. The minimum Gasteiger partial charge on any atom is -0.341 e. The Bertz CT molecular complexity index is 925. The number of thioether (sulfide) groups is 1. The summed E-state index contributed by atoms with van der Waals surface area (Å²) in [5, 5.41) is 15.4. The summed E-state index contributed by atoms with van der Waals surface area (Å²) in [6, 6.07) is 3.41. The lowest BCUT2D eigenvalue weighted by Gasteiger charge is -2.42. The first-order chi connectivity index (χ1) is 16.9. The normalized spacial score (nSPS) is 22.2. The molecule has 2 aliphatic rings. The van der Waals surface area contributed by atoms with Gasteiger partial charge in [0.15, 0.2) is 17.1 Å². The highest BCUT2D eigenvalue weighted by molar-refractivity contribution is 7.98. The first kappa shape index (κ1) is 27.5. The van der Waals surface area contributed by atoms with Crippen LogP contribution in [0.4, 0.5) is 10.5 Å².